The summed E-state index contributed by atoms with van der Waals surface area (Å²) >= 11 is 9.22. The molecule has 0 saturated carbocycles. The Morgan fingerprint density at radius 3 is 2.48 bits per heavy atom. The van der Waals surface area contributed by atoms with Crippen LogP contribution in [0.1, 0.15) is 30.4 Å². The highest BCUT2D eigenvalue weighted by atomic mass is 79.9. The third-order valence-corrected chi connectivity index (χ3v) is 5.38. The predicted octanol–water partition coefficient (Wildman–Crippen LogP) is 5.20. The fourth-order valence-electron chi connectivity index (χ4n) is 3.00. The zero-order valence-electron chi connectivity index (χ0n) is 14.3. The molecule has 5 heteroatoms. The SMILES string of the molecule is COc1cccc(C(=S)N2CCCCC2)c1OCc1ccc(Br)cc1. The number of thiocarbonyl (C=S) groups is 1. The van der Waals surface area contributed by atoms with E-state index in [9.17, 15) is 0 Å². The topological polar surface area (TPSA) is 21.7 Å². The van der Waals surface area contributed by atoms with E-state index in [0.29, 0.717) is 12.4 Å². The van der Waals surface area contributed by atoms with Crippen molar-refractivity contribution in [1.82, 2.24) is 4.90 Å². The summed E-state index contributed by atoms with van der Waals surface area (Å²) in [6, 6.07) is 14.0. The van der Waals surface area contributed by atoms with Crippen LogP contribution in [0.5, 0.6) is 11.5 Å². The summed E-state index contributed by atoms with van der Waals surface area (Å²) in [6.45, 7) is 2.51. The Hall–Kier alpha value is -1.59. The van der Waals surface area contributed by atoms with E-state index in [1.807, 2.05) is 42.5 Å². The quantitative estimate of drug-likeness (QED) is 0.620. The van der Waals surface area contributed by atoms with Crippen LogP contribution in [-0.4, -0.2) is 30.1 Å². The standard InChI is InChI=1S/C20H22BrNO2S/c1-23-18-7-5-6-17(20(25)22-12-3-2-4-13-22)19(18)24-14-15-8-10-16(21)11-9-15/h5-11H,2-4,12-14H2,1H3. The molecule has 0 aliphatic carbocycles. The van der Waals surface area contributed by atoms with Gasteiger partial charge in [0.15, 0.2) is 11.5 Å². The Morgan fingerprint density at radius 1 is 1.08 bits per heavy atom. The minimum Gasteiger partial charge on any atom is -0.493 e. The van der Waals surface area contributed by atoms with Crippen LogP contribution in [0.2, 0.25) is 0 Å². The molecule has 0 atom stereocenters. The van der Waals surface area contributed by atoms with Crippen LogP contribution in [-0.2, 0) is 6.61 Å². The first kappa shape index (κ1) is 18.2. The first-order chi connectivity index (χ1) is 12.2. The van der Waals surface area contributed by atoms with E-state index < -0.39 is 0 Å². The van der Waals surface area contributed by atoms with Crippen molar-refractivity contribution in [2.24, 2.45) is 0 Å². The van der Waals surface area contributed by atoms with Gasteiger partial charge < -0.3 is 14.4 Å². The normalized spacial score (nSPS) is 14.2. The fraction of sp³-hybridized carbons (Fsp3) is 0.350. The molecule has 132 valence electrons. The van der Waals surface area contributed by atoms with Gasteiger partial charge in [-0.1, -0.05) is 46.3 Å². The zero-order chi connectivity index (χ0) is 17.6. The summed E-state index contributed by atoms with van der Waals surface area (Å²) in [6.07, 6.45) is 3.67. The number of rotatable bonds is 5. The van der Waals surface area contributed by atoms with Gasteiger partial charge in [0.2, 0.25) is 0 Å². The summed E-state index contributed by atoms with van der Waals surface area (Å²) in [5, 5.41) is 0. The Morgan fingerprint density at radius 2 is 1.80 bits per heavy atom. The van der Waals surface area contributed by atoms with Crippen molar-refractivity contribution < 1.29 is 9.47 Å². The van der Waals surface area contributed by atoms with Crippen molar-refractivity contribution in [1.29, 1.82) is 0 Å². The fourth-order valence-corrected chi connectivity index (χ4v) is 3.60. The molecular weight excluding hydrogens is 398 g/mol. The Labute approximate surface area is 163 Å². The molecule has 1 heterocycles. The number of methoxy groups -OCH3 is 1. The number of para-hydroxylation sites is 1. The molecule has 3 nitrogen and oxygen atoms in total. The highest BCUT2D eigenvalue weighted by Gasteiger charge is 2.20. The van der Waals surface area contributed by atoms with Gasteiger partial charge in [-0.25, -0.2) is 0 Å². The van der Waals surface area contributed by atoms with Gasteiger partial charge in [0, 0.05) is 17.6 Å². The average molecular weight is 420 g/mol. The third kappa shape index (κ3) is 4.53. The van der Waals surface area contributed by atoms with Crippen LogP contribution < -0.4 is 9.47 Å². The van der Waals surface area contributed by atoms with Crippen molar-refractivity contribution in [3.63, 3.8) is 0 Å². The van der Waals surface area contributed by atoms with Crippen LogP contribution in [0.4, 0.5) is 0 Å². The number of ether oxygens (including phenoxy) is 2. The molecule has 0 amide bonds. The van der Waals surface area contributed by atoms with E-state index in [1.165, 1.54) is 19.3 Å². The van der Waals surface area contributed by atoms with E-state index in [4.69, 9.17) is 21.7 Å². The lowest BCUT2D eigenvalue weighted by Crippen LogP contribution is -2.35. The summed E-state index contributed by atoms with van der Waals surface area (Å²) in [5.74, 6) is 1.44. The maximum absolute atomic E-state index is 6.14. The van der Waals surface area contributed by atoms with E-state index in [0.717, 1.165) is 39.4 Å². The molecule has 2 aromatic rings. The molecule has 1 saturated heterocycles. The highest BCUT2D eigenvalue weighted by molar-refractivity contribution is 9.10. The minimum absolute atomic E-state index is 0.475. The Kier molecular flexibility index (Phi) is 6.32. The first-order valence-corrected chi connectivity index (χ1v) is 9.72. The second kappa shape index (κ2) is 8.68. The molecule has 1 fully saturated rings. The monoisotopic (exact) mass is 419 g/mol. The molecule has 0 radical (unpaired) electrons. The number of hydrogen-bond acceptors (Lipinski definition) is 3. The van der Waals surface area contributed by atoms with Crippen molar-refractivity contribution in [2.45, 2.75) is 25.9 Å². The van der Waals surface area contributed by atoms with Gasteiger partial charge in [-0.3, -0.25) is 0 Å². The third-order valence-electron chi connectivity index (χ3n) is 4.37. The molecule has 0 N–H and O–H groups in total. The number of likely N-dealkylation sites (tertiary alicyclic amines) is 1. The molecule has 0 spiro atoms. The maximum Gasteiger partial charge on any atom is 0.171 e. The lowest BCUT2D eigenvalue weighted by molar-refractivity contribution is 0.282. The first-order valence-electron chi connectivity index (χ1n) is 8.52. The number of benzene rings is 2. The highest BCUT2D eigenvalue weighted by Crippen LogP contribution is 2.33. The van der Waals surface area contributed by atoms with Gasteiger partial charge in [-0.05, 0) is 49.1 Å². The number of piperidine rings is 1. The van der Waals surface area contributed by atoms with Crippen LogP contribution in [0.3, 0.4) is 0 Å². The second-order valence-corrected chi connectivity index (χ2v) is 7.41. The number of nitrogens with zero attached hydrogens (tertiary/aromatic N) is 1. The van der Waals surface area contributed by atoms with Crippen molar-refractivity contribution in [3.8, 4) is 11.5 Å². The lowest BCUT2D eigenvalue weighted by Gasteiger charge is -2.30. The average Bonchev–Trinajstić information content (AvgIpc) is 2.67. The maximum atomic E-state index is 6.14. The summed E-state index contributed by atoms with van der Waals surface area (Å²) in [5.41, 5.74) is 2.04. The molecule has 0 bridgehead atoms. The number of halogens is 1. The summed E-state index contributed by atoms with van der Waals surface area (Å²) < 4.78 is 12.7. The van der Waals surface area contributed by atoms with Gasteiger partial charge in [-0.2, -0.15) is 0 Å². The molecule has 2 aromatic carbocycles. The van der Waals surface area contributed by atoms with Gasteiger partial charge in [0.1, 0.15) is 11.6 Å². The number of hydrogen-bond donors (Lipinski definition) is 0. The lowest BCUT2D eigenvalue weighted by atomic mass is 10.1. The molecule has 1 aliphatic rings. The summed E-state index contributed by atoms with van der Waals surface area (Å²) in [4.78, 5) is 3.13. The van der Waals surface area contributed by atoms with Gasteiger partial charge in [0.05, 0.1) is 12.7 Å². The Balaban J connectivity index is 1.83. The van der Waals surface area contributed by atoms with Crippen molar-refractivity contribution in [3.05, 3.63) is 58.1 Å². The smallest absolute Gasteiger partial charge is 0.171 e. The Bertz CT molecular complexity index is 727. The molecule has 0 aromatic heterocycles. The van der Waals surface area contributed by atoms with Crippen LogP contribution >= 0.6 is 28.1 Å². The van der Waals surface area contributed by atoms with E-state index >= 15 is 0 Å². The largest absolute Gasteiger partial charge is 0.493 e. The van der Waals surface area contributed by atoms with Gasteiger partial charge >= 0.3 is 0 Å². The molecule has 3 rings (SSSR count). The molecule has 0 unspecified atom stereocenters. The predicted molar refractivity (Wildman–Crippen MR) is 109 cm³/mol. The van der Waals surface area contributed by atoms with Crippen LogP contribution in [0, 0.1) is 0 Å². The minimum atomic E-state index is 0.475. The molecule has 1 aliphatic heterocycles. The second-order valence-electron chi connectivity index (χ2n) is 6.10. The van der Waals surface area contributed by atoms with Crippen LogP contribution in [0.25, 0.3) is 0 Å². The van der Waals surface area contributed by atoms with E-state index in [1.54, 1.807) is 7.11 Å². The van der Waals surface area contributed by atoms with Gasteiger partial charge in [-0.15, -0.1) is 0 Å². The zero-order valence-corrected chi connectivity index (χ0v) is 16.7. The van der Waals surface area contributed by atoms with E-state index in [-0.39, 0.29) is 0 Å². The molecule has 25 heavy (non-hydrogen) atoms. The van der Waals surface area contributed by atoms with E-state index in [2.05, 4.69) is 20.8 Å². The van der Waals surface area contributed by atoms with Crippen LogP contribution in [0.15, 0.2) is 46.9 Å². The summed E-state index contributed by atoms with van der Waals surface area (Å²) in [7, 11) is 1.66. The van der Waals surface area contributed by atoms with Crippen molar-refractivity contribution >= 4 is 33.1 Å². The molecular formula is C20H22BrNO2S. The van der Waals surface area contributed by atoms with Gasteiger partial charge in [0.25, 0.3) is 0 Å². The van der Waals surface area contributed by atoms with Crippen molar-refractivity contribution in [2.75, 3.05) is 20.2 Å².